The summed E-state index contributed by atoms with van der Waals surface area (Å²) >= 11 is 0. The van der Waals surface area contributed by atoms with Gasteiger partial charge in [0.2, 0.25) is 0 Å². The number of nitrogens with zero attached hydrogens (tertiary/aromatic N) is 4. The summed E-state index contributed by atoms with van der Waals surface area (Å²) in [4.78, 5) is 27.7. The lowest BCUT2D eigenvalue weighted by Crippen LogP contribution is -2.51. The molecule has 8 heteroatoms. The third kappa shape index (κ3) is 3.48. The lowest BCUT2D eigenvalue weighted by Gasteiger charge is -2.39. The molecule has 2 N–H and O–H groups in total. The Morgan fingerprint density at radius 2 is 2.30 bits per heavy atom. The minimum Gasteiger partial charge on any atom is -0.347 e. The zero-order valence-electron chi connectivity index (χ0n) is 12.9. The first-order valence-electron chi connectivity index (χ1n) is 7.58. The Morgan fingerprint density at radius 3 is 2.96 bits per heavy atom. The first-order chi connectivity index (χ1) is 11.2. The van der Waals surface area contributed by atoms with Gasteiger partial charge in [0.25, 0.3) is 0 Å². The van der Waals surface area contributed by atoms with Gasteiger partial charge < -0.3 is 9.88 Å². The zero-order valence-corrected chi connectivity index (χ0v) is 12.9. The number of likely N-dealkylation sites (N-methyl/N-ethyl adjacent to an activating group) is 1. The second kappa shape index (κ2) is 6.74. The minimum absolute atomic E-state index is 0.0377. The fraction of sp³-hybridized carbons (Fsp3) is 0.400. The van der Waals surface area contributed by atoms with E-state index in [0.29, 0.717) is 18.9 Å². The number of aromatic nitrogens is 3. The van der Waals surface area contributed by atoms with Gasteiger partial charge in [0.15, 0.2) is 0 Å². The molecule has 1 saturated heterocycles. The Hall–Kier alpha value is -2.48. The van der Waals surface area contributed by atoms with Crippen LogP contribution in [0.15, 0.2) is 30.7 Å². The van der Waals surface area contributed by atoms with Crippen LogP contribution < -0.4 is 5.32 Å². The monoisotopic (exact) mass is 318 g/mol. The van der Waals surface area contributed by atoms with Gasteiger partial charge in [-0.1, -0.05) is 6.92 Å². The SMILES string of the molecule is CCN1CCN(C(=O)Nc2ccc(F)cn2)C[C@H]1c1ncc[nH]1. The number of nitrogens with one attached hydrogen (secondary N) is 2. The Labute approximate surface area is 133 Å². The van der Waals surface area contributed by atoms with Gasteiger partial charge in [0.1, 0.15) is 17.5 Å². The highest BCUT2D eigenvalue weighted by molar-refractivity contribution is 5.88. The summed E-state index contributed by atoms with van der Waals surface area (Å²) in [5.74, 6) is 0.755. The van der Waals surface area contributed by atoms with E-state index >= 15 is 0 Å². The van der Waals surface area contributed by atoms with Crippen molar-refractivity contribution in [2.24, 2.45) is 0 Å². The van der Waals surface area contributed by atoms with E-state index in [1.54, 1.807) is 17.3 Å². The predicted octanol–water partition coefficient (Wildman–Crippen LogP) is 1.85. The van der Waals surface area contributed by atoms with Crippen molar-refractivity contribution in [2.75, 3.05) is 31.5 Å². The molecule has 2 aromatic rings. The molecule has 0 spiro atoms. The number of hydrogen-bond donors (Lipinski definition) is 2. The van der Waals surface area contributed by atoms with Crippen molar-refractivity contribution in [1.29, 1.82) is 0 Å². The molecule has 0 bridgehead atoms. The van der Waals surface area contributed by atoms with Crippen LogP contribution in [-0.4, -0.2) is 57.0 Å². The minimum atomic E-state index is -0.433. The van der Waals surface area contributed by atoms with Gasteiger partial charge in [0, 0.05) is 32.0 Å². The number of aromatic amines is 1. The van der Waals surface area contributed by atoms with Crippen molar-refractivity contribution < 1.29 is 9.18 Å². The van der Waals surface area contributed by atoms with Crippen molar-refractivity contribution in [3.63, 3.8) is 0 Å². The number of urea groups is 1. The van der Waals surface area contributed by atoms with Crippen LogP contribution >= 0.6 is 0 Å². The maximum Gasteiger partial charge on any atom is 0.323 e. The van der Waals surface area contributed by atoms with E-state index in [2.05, 4.69) is 32.1 Å². The van der Waals surface area contributed by atoms with Gasteiger partial charge in [0.05, 0.1) is 12.2 Å². The molecule has 3 rings (SSSR count). The molecule has 3 heterocycles. The lowest BCUT2D eigenvalue weighted by molar-refractivity contribution is 0.0946. The molecule has 23 heavy (non-hydrogen) atoms. The van der Waals surface area contributed by atoms with Gasteiger partial charge in [-0.25, -0.2) is 19.2 Å². The summed E-state index contributed by atoms with van der Waals surface area (Å²) in [5.41, 5.74) is 0. The van der Waals surface area contributed by atoms with Crippen LogP contribution in [0, 0.1) is 5.82 Å². The number of piperazine rings is 1. The lowest BCUT2D eigenvalue weighted by atomic mass is 10.1. The fourth-order valence-corrected chi connectivity index (χ4v) is 2.74. The molecule has 0 unspecified atom stereocenters. The van der Waals surface area contributed by atoms with Crippen molar-refractivity contribution in [2.45, 2.75) is 13.0 Å². The smallest absolute Gasteiger partial charge is 0.323 e. The van der Waals surface area contributed by atoms with Gasteiger partial charge >= 0.3 is 6.03 Å². The van der Waals surface area contributed by atoms with E-state index in [9.17, 15) is 9.18 Å². The number of hydrogen-bond acceptors (Lipinski definition) is 4. The van der Waals surface area contributed by atoms with E-state index in [1.165, 1.54) is 12.1 Å². The van der Waals surface area contributed by atoms with E-state index in [4.69, 9.17) is 0 Å². The normalized spacial score (nSPS) is 18.9. The van der Waals surface area contributed by atoms with Crippen LogP contribution in [0.3, 0.4) is 0 Å². The van der Waals surface area contributed by atoms with E-state index in [-0.39, 0.29) is 12.1 Å². The Bertz CT molecular complexity index is 644. The second-order valence-electron chi connectivity index (χ2n) is 5.36. The zero-order chi connectivity index (χ0) is 16.2. The number of rotatable bonds is 3. The Morgan fingerprint density at radius 1 is 1.43 bits per heavy atom. The molecule has 1 aliphatic rings. The maximum absolute atomic E-state index is 12.9. The number of imidazole rings is 1. The van der Waals surface area contributed by atoms with E-state index < -0.39 is 5.82 Å². The van der Waals surface area contributed by atoms with Crippen molar-refractivity contribution in [3.8, 4) is 0 Å². The van der Waals surface area contributed by atoms with Gasteiger partial charge in [-0.2, -0.15) is 0 Å². The third-order valence-corrected chi connectivity index (χ3v) is 3.98. The Balaban J connectivity index is 1.68. The van der Waals surface area contributed by atoms with Crippen LogP contribution in [0.4, 0.5) is 15.0 Å². The molecule has 1 atom stereocenters. The highest BCUT2D eigenvalue weighted by Crippen LogP contribution is 2.22. The molecule has 0 saturated carbocycles. The number of anilines is 1. The second-order valence-corrected chi connectivity index (χ2v) is 5.36. The standard InChI is InChI=1S/C15H19FN6O/c1-2-21-7-8-22(10-12(21)14-17-5-6-18-14)15(23)20-13-4-3-11(16)9-19-13/h3-6,9,12H,2,7-8,10H2,1H3,(H,17,18)(H,19,20,23)/t12-/m0/s1. The molecule has 7 nitrogen and oxygen atoms in total. The predicted molar refractivity (Wildman–Crippen MR) is 83.4 cm³/mol. The molecule has 0 aromatic carbocycles. The maximum atomic E-state index is 12.9. The fourth-order valence-electron chi connectivity index (χ4n) is 2.74. The van der Waals surface area contributed by atoms with Gasteiger partial charge in [-0.3, -0.25) is 10.2 Å². The molecule has 2 amide bonds. The van der Waals surface area contributed by atoms with Crippen LogP contribution in [-0.2, 0) is 0 Å². The number of amides is 2. The van der Waals surface area contributed by atoms with Crippen molar-refractivity contribution in [3.05, 3.63) is 42.4 Å². The molecule has 2 aromatic heterocycles. The number of halogens is 1. The molecule has 0 radical (unpaired) electrons. The molecule has 1 fully saturated rings. The van der Waals surface area contributed by atoms with Crippen molar-refractivity contribution >= 4 is 11.8 Å². The Kier molecular flexibility index (Phi) is 4.52. The molecular weight excluding hydrogens is 299 g/mol. The summed E-state index contributed by atoms with van der Waals surface area (Å²) in [5, 5.41) is 2.70. The number of carbonyl (C=O) groups is 1. The van der Waals surface area contributed by atoms with Crippen LogP contribution in [0.2, 0.25) is 0 Å². The number of carbonyl (C=O) groups excluding carboxylic acids is 1. The molecule has 122 valence electrons. The quantitative estimate of drug-likeness (QED) is 0.905. The summed E-state index contributed by atoms with van der Waals surface area (Å²) in [6.45, 7) is 4.91. The van der Waals surface area contributed by atoms with Crippen LogP contribution in [0.25, 0.3) is 0 Å². The van der Waals surface area contributed by atoms with Gasteiger partial charge in [-0.15, -0.1) is 0 Å². The van der Waals surface area contributed by atoms with Gasteiger partial charge in [-0.05, 0) is 18.7 Å². The largest absolute Gasteiger partial charge is 0.347 e. The third-order valence-electron chi connectivity index (χ3n) is 3.98. The first-order valence-corrected chi connectivity index (χ1v) is 7.58. The number of pyridine rings is 1. The topological polar surface area (TPSA) is 77.2 Å². The van der Waals surface area contributed by atoms with E-state index in [1.807, 2.05) is 0 Å². The van der Waals surface area contributed by atoms with E-state index in [0.717, 1.165) is 25.1 Å². The summed E-state index contributed by atoms with van der Waals surface area (Å²) in [6.07, 6.45) is 4.57. The summed E-state index contributed by atoms with van der Waals surface area (Å²) in [6, 6.07) is 2.51. The first kappa shape index (κ1) is 15.4. The molecule has 0 aliphatic carbocycles. The number of H-pyrrole nitrogens is 1. The highest BCUT2D eigenvalue weighted by Gasteiger charge is 2.31. The summed E-state index contributed by atoms with van der Waals surface area (Å²) in [7, 11) is 0. The van der Waals surface area contributed by atoms with Crippen molar-refractivity contribution in [1.82, 2.24) is 24.8 Å². The van der Waals surface area contributed by atoms with Crippen LogP contribution in [0.1, 0.15) is 18.8 Å². The average molecular weight is 318 g/mol. The summed E-state index contributed by atoms with van der Waals surface area (Å²) < 4.78 is 12.9. The molecule has 1 aliphatic heterocycles. The molecular formula is C15H19FN6O. The van der Waals surface area contributed by atoms with Crippen LogP contribution in [0.5, 0.6) is 0 Å². The average Bonchev–Trinajstić information content (AvgIpc) is 3.10. The highest BCUT2D eigenvalue weighted by atomic mass is 19.1.